The Morgan fingerprint density at radius 2 is 2.21 bits per heavy atom. The smallest absolute Gasteiger partial charge is 0.141 e. The van der Waals surface area contributed by atoms with Gasteiger partial charge in [-0.05, 0) is 25.0 Å². The number of fused-ring (bicyclic) bond motifs is 1. The molecule has 0 bridgehead atoms. The molecule has 0 amide bonds. The second kappa shape index (κ2) is 5.75. The summed E-state index contributed by atoms with van der Waals surface area (Å²) in [6.45, 7) is 0.907. The Hall–Kier alpha value is -1.33. The van der Waals surface area contributed by atoms with E-state index in [0.29, 0.717) is 11.9 Å². The molecule has 1 aromatic carbocycles. The van der Waals surface area contributed by atoms with Gasteiger partial charge < -0.3 is 10.5 Å². The second-order valence-corrected chi connectivity index (χ2v) is 5.72. The summed E-state index contributed by atoms with van der Waals surface area (Å²) in [7, 11) is 0. The molecule has 1 atom stereocenters. The molecular weight excluding hydrogens is 258 g/mol. The van der Waals surface area contributed by atoms with E-state index in [1.165, 1.54) is 12.8 Å². The van der Waals surface area contributed by atoms with E-state index in [9.17, 15) is 0 Å². The van der Waals surface area contributed by atoms with Crippen LogP contribution in [-0.4, -0.2) is 28.4 Å². The van der Waals surface area contributed by atoms with Crippen molar-refractivity contribution < 1.29 is 4.74 Å². The summed E-state index contributed by atoms with van der Waals surface area (Å²) in [5.74, 6) is 3.17. The van der Waals surface area contributed by atoms with Crippen LogP contribution in [0.2, 0.25) is 0 Å². The first-order valence-electron chi connectivity index (χ1n) is 6.53. The molecule has 1 saturated heterocycles. The van der Waals surface area contributed by atoms with Gasteiger partial charge in [-0.25, -0.2) is 9.97 Å². The van der Waals surface area contributed by atoms with E-state index in [0.717, 1.165) is 34.8 Å². The van der Waals surface area contributed by atoms with Crippen molar-refractivity contribution in [3.63, 3.8) is 0 Å². The van der Waals surface area contributed by atoms with Gasteiger partial charge in [-0.15, -0.1) is 0 Å². The second-order valence-electron chi connectivity index (χ2n) is 4.69. The number of hydrogen-bond acceptors (Lipinski definition) is 5. The molecule has 19 heavy (non-hydrogen) atoms. The minimum atomic E-state index is 0.405. The van der Waals surface area contributed by atoms with E-state index >= 15 is 0 Å². The molecule has 0 saturated carbocycles. The highest BCUT2D eigenvalue weighted by Gasteiger charge is 2.15. The minimum absolute atomic E-state index is 0.405. The predicted octanol–water partition coefficient (Wildman–Crippen LogP) is 2.62. The van der Waals surface area contributed by atoms with Crippen LogP contribution < -0.4 is 5.73 Å². The highest BCUT2D eigenvalue weighted by molar-refractivity contribution is 7.98. The van der Waals surface area contributed by atoms with Crippen LogP contribution >= 0.6 is 11.8 Å². The number of ether oxygens (including phenoxy) is 1. The van der Waals surface area contributed by atoms with Crippen molar-refractivity contribution in [2.24, 2.45) is 0 Å². The largest absolute Gasteiger partial charge is 0.383 e. The molecule has 0 spiro atoms. The molecular formula is C14H17N3OS. The van der Waals surface area contributed by atoms with Crippen LogP contribution in [0.15, 0.2) is 24.3 Å². The molecule has 1 unspecified atom stereocenters. The van der Waals surface area contributed by atoms with Gasteiger partial charge in [-0.3, -0.25) is 0 Å². The molecule has 100 valence electrons. The number of nitrogens with two attached hydrogens (primary N) is 1. The first-order valence-corrected chi connectivity index (χ1v) is 7.69. The molecule has 0 aliphatic carbocycles. The molecule has 2 heterocycles. The third kappa shape index (κ3) is 2.98. The molecule has 2 aromatic rings. The Morgan fingerprint density at radius 1 is 1.32 bits per heavy atom. The van der Waals surface area contributed by atoms with E-state index in [1.54, 1.807) is 0 Å². The van der Waals surface area contributed by atoms with E-state index < -0.39 is 0 Å². The molecule has 1 aromatic heterocycles. The minimum Gasteiger partial charge on any atom is -0.383 e. The summed E-state index contributed by atoms with van der Waals surface area (Å²) in [6.07, 6.45) is 2.76. The molecule has 1 aliphatic heterocycles. The zero-order chi connectivity index (χ0) is 13.1. The molecule has 3 rings (SSSR count). The van der Waals surface area contributed by atoms with Crippen LogP contribution in [0.1, 0.15) is 18.7 Å². The lowest BCUT2D eigenvalue weighted by Gasteiger charge is -2.09. The van der Waals surface area contributed by atoms with Gasteiger partial charge in [0.15, 0.2) is 0 Å². The van der Waals surface area contributed by atoms with Crippen LogP contribution in [-0.2, 0) is 10.5 Å². The molecule has 1 fully saturated rings. The van der Waals surface area contributed by atoms with Gasteiger partial charge in [0.25, 0.3) is 0 Å². The predicted molar refractivity (Wildman–Crippen MR) is 79.1 cm³/mol. The van der Waals surface area contributed by atoms with Crippen LogP contribution in [0.3, 0.4) is 0 Å². The summed E-state index contributed by atoms with van der Waals surface area (Å²) in [6, 6.07) is 7.85. The fraction of sp³-hybridized carbons (Fsp3) is 0.429. The van der Waals surface area contributed by atoms with E-state index in [-0.39, 0.29) is 0 Å². The third-order valence-corrected chi connectivity index (χ3v) is 4.31. The van der Waals surface area contributed by atoms with Gasteiger partial charge in [0, 0.05) is 17.7 Å². The number of benzene rings is 1. The summed E-state index contributed by atoms with van der Waals surface area (Å²) in [4.78, 5) is 8.92. The zero-order valence-corrected chi connectivity index (χ0v) is 11.5. The Balaban J connectivity index is 1.67. The fourth-order valence-corrected chi connectivity index (χ4v) is 3.23. The van der Waals surface area contributed by atoms with Crippen molar-refractivity contribution in [3.8, 4) is 0 Å². The number of nitrogens with zero attached hydrogens (tertiary/aromatic N) is 2. The van der Waals surface area contributed by atoms with Crippen molar-refractivity contribution in [1.82, 2.24) is 9.97 Å². The SMILES string of the molecule is Nc1nc(CSCC2CCCO2)nc2ccccc12. The standard InChI is InChI=1S/C14H17N3OS/c15-14-11-5-1-2-6-12(11)16-13(17-14)9-19-8-10-4-3-7-18-10/h1-2,5-6,10H,3-4,7-9H2,(H2,15,16,17). The normalized spacial score (nSPS) is 19.1. The van der Waals surface area contributed by atoms with Crippen LogP contribution in [0, 0.1) is 0 Å². The Morgan fingerprint density at radius 3 is 3.05 bits per heavy atom. The summed E-state index contributed by atoms with van der Waals surface area (Å²) in [5.41, 5.74) is 6.89. The van der Waals surface area contributed by atoms with Gasteiger partial charge in [0.05, 0.1) is 17.4 Å². The molecule has 1 aliphatic rings. The quantitative estimate of drug-likeness (QED) is 0.929. The summed E-state index contributed by atoms with van der Waals surface area (Å²) >= 11 is 1.82. The molecule has 0 radical (unpaired) electrons. The van der Waals surface area contributed by atoms with Crippen molar-refractivity contribution in [2.75, 3.05) is 18.1 Å². The van der Waals surface area contributed by atoms with Crippen LogP contribution in [0.25, 0.3) is 10.9 Å². The number of aromatic nitrogens is 2. The van der Waals surface area contributed by atoms with E-state index in [4.69, 9.17) is 10.5 Å². The topological polar surface area (TPSA) is 61.0 Å². The van der Waals surface area contributed by atoms with Gasteiger partial charge >= 0.3 is 0 Å². The average molecular weight is 275 g/mol. The third-order valence-electron chi connectivity index (χ3n) is 3.24. The van der Waals surface area contributed by atoms with Crippen LogP contribution in [0.4, 0.5) is 5.82 Å². The van der Waals surface area contributed by atoms with Gasteiger partial charge in [-0.2, -0.15) is 11.8 Å². The average Bonchev–Trinajstić information content (AvgIpc) is 2.92. The number of thioether (sulfide) groups is 1. The van der Waals surface area contributed by atoms with Gasteiger partial charge in [0.1, 0.15) is 11.6 Å². The van der Waals surface area contributed by atoms with Crippen molar-refractivity contribution in [1.29, 1.82) is 0 Å². The van der Waals surface area contributed by atoms with Crippen LogP contribution in [0.5, 0.6) is 0 Å². The lowest BCUT2D eigenvalue weighted by molar-refractivity contribution is 0.129. The molecule has 5 heteroatoms. The number of anilines is 1. The lowest BCUT2D eigenvalue weighted by Crippen LogP contribution is -2.08. The highest BCUT2D eigenvalue weighted by Crippen LogP contribution is 2.22. The fourth-order valence-electron chi connectivity index (χ4n) is 2.27. The maximum absolute atomic E-state index is 5.97. The van der Waals surface area contributed by atoms with Gasteiger partial charge in [0.2, 0.25) is 0 Å². The van der Waals surface area contributed by atoms with Crippen molar-refractivity contribution in [2.45, 2.75) is 24.7 Å². The maximum Gasteiger partial charge on any atom is 0.141 e. The number of nitrogen functional groups attached to an aromatic ring is 1. The number of rotatable bonds is 4. The zero-order valence-electron chi connectivity index (χ0n) is 10.7. The highest BCUT2D eigenvalue weighted by atomic mass is 32.2. The molecule has 2 N–H and O–H groups in total. The summed E-state index contributed by atoms with van der Waals surface area (Å²) < 4.78 is 5.60. The Labute approximate surface area is 116 Å². The van der Waals surface area contributed by atoms with Crippen molar-refractivity contribution >= 4 is 28.5 Å². The Bertz CT molecular complexity index is 570. The van der Waals surface area contributed by atoms with Gasteiger partial charge in [-0.1, -0.05) is 12.1 Å². The lowest BCUT2D eigenvalue weighted by atomic mass is 10.2. The van der Waals surface area contributed by atoms with Crippen molar-refractivity contribution in [3.05, 3.63) is 30.1 Å². The number of para-hydroxylation sites is 1. The first-order chi connectivity index (χ1) is 9.33. The Kier molecular flexibility index (Phi) is 3.84. The van der Waals surface area contributed by atoms with E-state index in [2.05, 4.69) is 9.97 Å². The summed E-state index contributed by atoms with van der Waals surface area (Å²) in [5, 5.41) is 0.926. The first kappa shape index (κ1) is 12.7. The van der Waals surface area contributed by atoms with E-state index in [1.807, 2.05) is 36.0 Å². The monoisotopic (exact) mass is 275 g/mol. The maximum atomic E-state index is 5.97. The number of hydrogen-bond donors (Lipinski definition) is 1. The molecule has 4 nitrogen and oxygen atoms in total.